The molecule has 0 aliphatic carbocycles. The fraction of sp³-hybridized carbons (Fsp3) is 0.250. The van der Waals surface area contributed by atoms with Crippen molar-refractivity contribution in [2.45, 2.75) is 13.2 Å². The predicted octanol–water partition coefficient (Wildman–Crippen LogP) is 1.52. The highest BCUT2D eigenvalue weighted by atomic mass is 31.2. The monoisotopic (exact) mass is 218 g/mol. The Morgan fingerprint density at radius 3 is 2.36 bits per heavy atom. The van der Waals surface area contributed by atoms with Crippen LogP contribution in [0.2, 0.25) is 0 Å². The molecule has 0 aromatic heterocycles. The van der Waals surface area contributed by atoms with E-state index in [1.54, 1.807) is 30.3 Å². The summed E-state index contributed by atoms with van der Waals surface area (Å²) in [5, 5.41) is 0. The molecule has 0 heterocycles. The summed E-state index contributed by atoms with van der Waals surface area (Å²) in [7, 11) is -4.48. The van der Waals surface area contributed by atoms with E-state index in [0.29, 0.717) is 5.75 Å². The molecule has 0 spiro atoms. The summed E-state index contributed by atoms with van der Waals surface area (Å²) in [5.41, 5.74) is 0. The first-order valence-electron chi connectivity index (χ1n) is 3.93. The van der Waals surface area contributed by atoms with E-state index >= 15 is 0 Å². The lowest BCUT2D eigenvalue weighted by Crippen LogP contribution is -2.14. The van der Waals surface area contributed by atoms with E-state index in [1.807, 2.05) is 0 Å². The van der Waals surface area contributed by atoms with Crippen molar-refractivity contribution in [1.29, 1.82) is 0 Å². The van der Waals surface area contributed by atoms with Crippen LogP contribution in [-0.4, -0.2) is 16.1 Å². The summed E-state index contributed by atoms with van der Waals surface area (Å²) in [5.74, 6) is 0.494. The van der Waals surface area contributed by atoms with Crippen LogP contribution in [0.3, 0.4) is 0 Å². The topological polar surface area (TPSA) is 76.0 Å². The Morgan fingerprint density at radius 2 is 1.86 bits per heavy atom. The molecule has 2 N–H and O–H groups in total. The highest BCUT2D eigenvalue weighted by molar-refractivity contribution is 7.46. The third-order valence-corrected chi connectivity index (χ3v) is 1.90. The number of benzene rings is 1. The van der Waals surface area contributed by atoms with Gasteiger partial charge in [-0.25, -0.2) is 9.09 Å². The molecule has 5 nitrogen and oxygen atoms in total. The Hall–Kier alpha value is -0.870. The van der Waals surface area contributed by atoms with Gasteiger partial charge in [0.2, 0.25) is 6.29 Å². The fourth-order valence-corrected chi connectivity index (χ4v) is 1.34. The Labute approximate surface area is 81.5 Å². The van der Waals surface area contributed by atoms with Gasteiger partial charge in [0.05, 0.1) is 0 Å². The molecule has 1 aromatic carbocycles. The zero-order valence-corrected chi connectivity index (χ0v) is 8.42. The molecule has 1 rings (SSSR count). The van der Waals surface area contributed by atoms with Crippen molar-refractivity contribution in [3.05, 3.63) is 30.3 Å². The summed E-state index contributed by atoms with van der Waals surface area (Å²) in [6, 6.07) is 8.64. The number of ether oxygens (including phenoxy) is 1. The minimum atomic E-state index is -4.48. The molecule has 0 bridgehead atoms. The van der Waals surface area contributed by atoms with Gasteiger partial charge in [-0.2, -0.15) is 0 Å². The maximum Gasteiger partial charge on any atom is 0.472 e. The number of phosphoric acid groups is 1. The molecule has 0 aliphatic rings. The summed E-state index contributed by atoms with van der Waals surface area (Å²) in [6.07, 6.45) is -0.988. The Morgan fingerprint density at radius 1 is 1.29 bits per heavy atom. The van der Waals surface area contributed by atoms with Crippen molar-refractivity contribution in [3.63, 3.8) is 0 Å². The summed E-state index contributed by atoms with van der Waals surface area (Å²) < 4.78 is 19.8. The van der Waals surface area contributed by atoms with Crippen molar-refractivity contribution < 1.29 is 23.6 Å². The van der Waals surface area contributed by atoms with Gasteiger partial charge in [-0.15, -0.1) is 0 Å². The van der Waals surface area contributed by atoms with Crippen molar-refractivity contribution in [1.82, 2.24) is 0 Å². The van der Waals surface area contributed by atoms with Gasteiger partial charge in [0.1, 0.15) is 5.75 Å². The average molecular weight is 218 g/mol. The normalized spacial score (nSPS) is 13.6. The van der Waals surface area contributed by atoms with Crippen LogP contribution < -0.4 is 4.74 Å². The second-order valence-electron chi connectivity index (χ2n) is 2.59. The molecule has 14 heavy (non-hydrogen) atoms. The number of hydrogen-bond donors (Lipinski definition) is 2. The third kappa shape index (κ3) is 4.39. The molecular weight excluding hydrogens is 207 g/mol. The summed E-state index contributed by atoms with van der Waals surface area (Å²) in [6.45, 7) is 1.41. The number of rotatable bonds is 4. The quantitative estimate of drug-likeness (QED) is 0.591. The maximum absolute atomic E-state index is 10.4. The van der Waals surface area contributed by atoms with Gasteiger partial charge in [0.25, 0.3) is 0 Å². The molecule has 0 saturated heterocycles. The minimum Gasteiger partial charge on any atom is -0.465 e. The molecule has 6 heteroatoms. The van der Waals surface area contributed by atoms with Gasteiger partial charge in [0, 0.05) is 0 Å². The van der Waals surface area contributed by atoms with Crippen molar-refractivity contribution in [2.24, 2.45) is 0 Å². The maximum atomic E-state index is 10.4. The van der Waals surface area contributed by atoms with Gasteiger partial charge in [-0.3, -0.25) is 0 Å². The van der Waals surface area contributed by atoms with E-state index in [9.17, 15) is 4.57 Å². The lowest BCUT2D eigenvalue weighted by Gasteiger charge is -2.15. The molecule has 0 fully saturated rings. The van der Waals surface area contributed by atoms with Crippen LogP contribution in [0.1, 0.15) is 6.92 Å². The first kappa shape index (κ1) is 11.2. The van der Waals surface area contributed by atoms with Gasteiger partial charge in [0.15, 0.2) is 0 Å². The minimum absolute atomic E-state index is 0.494. The first-order chi connectivity index (χ1) is 6.47. The van der Waals surface area contributed by atoms with E-state index < -0.39 is 14.1 Å². The molecule has 1 atom stereocenters. The van der Waals surface area contributed by atoms with Crippen LogP contribution >= 0.6 is 7.82 Å². The van der Waals surface area contributed by atoms with Crippen LogP contribution in [0.5, 0.6) is 5.75 Å². The highest BCUT2D eigenvalue weighted by Crippen LogP contribution is 2.37. The second kappa shape index (κ2) is 4.57. The fourth-order valence-electron chi connectivity index (χ4n) is 0.906. The Bertz CT molecular complexity index is 320. The van der Waals surface area contributed by atoms with E-state index in [-0.39, 0.29) is 0 Å². The van der Waals surface area contributed by atoms with Crippen molar-refractivity contribution in [2.75, 3.05) is 0 Å². The van der Waals surface area contributed by atoms with E-state index in [4.69, 9.17) is 14.5 Å². The van der Waals surface area contributed by atoms with Crippen LogP contribution in [0, 0.1) is 0 Å². The number of hydrogen-bond acceptors (Lipinski definition) is 3. The van der Waals surface area contributed by atoms with Crippen molar-refractivity contribution in [3.8, 4) is 5.75 Å². The van der Waals surface area contributed by atoms with Crippen LogP contribution in [0.15, 0.2) is 30.3 Å². The SMILES string of the molecule is CC(Oc1ccccc1)OP(=O)(O)O. The molecular formula is C8H11O5P. The molecule has 78 valence electrons. The Balaban J connectivity index is 2.50. The van der Waals surface area contributed by atoms with Crippen molar-refractivity contribution >= 4 is 7.82 Å². The zero-order chi connectivity index (χ0) is 10.6. The molecule has 0 saturated carbocycles. The summed E-state index contributed by atoms with van der Waals surface area (Å²) >= 11 is 0. The summed E-state index contributed by atoms with van der Waals surface area (Å²) in [4.78, 5) is 16.9. The lowest BCUT2D eigenvalue weighted by molar-refractivity contribution is -0.000827. The Kier molecular flexibility index (Phi) is 3.66. The molecule has 0 aliphatic heterocycles. The van der Waals surface area contributed by atoms with E-state index in [0.717, 1.165) is 0 Å². The van der Waals surface area contributed by atoms with Crippen LogP contribution in [-0.2, 0) is 9.09 Å². The van der Waals surface area contributed by atoms with Gasteiger partial charge < -0.3 is 14.5 Å². The first-order valence-corrected chi connectivity index (χ1v) is 5.46. The smallest absolute Gasteiger partial charge is 0.465 e. The average Bonchev–Trinajstić information content (AvgIpc) is 2.02. The standard InChI is InChI=1S/C8H11O5P/c1-7(13-14(9,10)11)12-8-5-3-2-4-6-8/h2-7H,1H3,(H2,9,10,11). The number of phosphoric ester groups is 1. The largest absolute Gasteiger partial charge is 0.472 e. The van der Waals surface area contributed by atoms with E-state index in [2.05, 4.69) is 4.52 Å². The van der Waals surface area contributed by atoms with Crippen LogP contribution in [0.25, 0.3) is 0 Å². The number of para-hydroxylation sites is 1. The predicted molar refractivity (Wildman–Crippen MR) is 49.7 cm³/mol. The van der Waals surface area contributed by atoms with E-state index in [1.165, 1.54) is 6.92 Å². The molecule has 1 unspecified atom stereocenters. The van der Waals surface area contributed by atoms with Gasteiger partial charge in [-0.05, 0) is 19.1 Å². The highest BCUT2D eigenvalue weighted by Gasteiger charge is 2.19. The van der Waals surface area contributed by atoms with Gasteiger partial charge >= 0.3 is 7.82 Å². The van der Waals surface area contributed by atoms with Crippen LogP contribution in [0.4, 0.5) is 0 Å². The third-order valence-electron chi connectivity index (χ3n) is 1.33. The zero-order valence-electron chi connectivity index (χ0n) is 7.53. The lowest BCUT2D eigenvalue weighted by atomic mass is 10.3. The van der Waals surface area contributed by atoms with Gasteiger partial charge in [-0.1, -0.05) is 18.2 Å². The molecule has 0 radical (unpaired) electrons. The molecule has 0 amide bonds. The second-order valence-corrected chi connectivity index (χ2v) is 3.79. The molecule has 1 aromatic rings.